The summed E-state index contributed by atoms with van der Waals surface area (Å²) in [5.74, 6) is -1.30. The molecule has 7 nitrogen and oxygen atoms in total. The smallest absolute Gasteiger partial charge is 0.289 e. The van der Waals surface area contributed by atoms with E-state index in [9.17, 15) is 9.59 Å². The van der Waals surface area contributed by atoms with Crippen molar-refractivity contribution in [3.63, 3.8) is 0 Å². The number of carbonyl (C=O) groups excluding carboxylic acids is 2. The molecule has 2 amide bonds. The van der Waals surface area contributed by atoms with Crippen LogP contribution in [-0.2, 0) is 6.54 Å². The van der Waals surface area contributed by atoms with Crippen molar-refractivity contribution in [2.75, 3.05) is 0 Å². The molecular formula is C12H11N5O2. The highest BCUT2D eigenvalue weighted by molar-refractivity contribution is 5.94. The first-order valence-electron chi connectivity index (χ1n) is 5.48. The van der Waals surface area contributed by atoms with Gasteiger partial charge in [0.05, 0.1) is 12.2 Å². The van der Waals surface area contributed by atoms with Crippen molar-refractivity contribution in [2.24, 2.45) is 5.73 Å². The fourth-order valence-electron chi connectivity index (χ4n) is 1.36. The van der Waals surface area contributed by atoms with Crippen LogP contribution in [0.2, 0.25) is 0 Å². The lowest BCUT2D eigenvalue weighted by atomic mass is 10.3. The molecule has 0 unspecified atom stereocenters. The molecule has 96 valence electrons. The van der Waals surface area contributed by atoms with E-state index >= 15 is 0 Å². The van der Waals surface area contributed by atoms with Crippen molar-refractivity contribution in [2.45, 2.75) is 6.54 Å². The quantitative estimate of drug-likeness (QED) is 0.794. The number of amides is 2. The van der Waals surface area contributed by atoms with Gasteiger partial charge in [-0.3, -0.25) is 14.6 Å². The largest absolute Gasteiger partial charge is 0.364 e. The first-order chi connectivity index (χ1) is 9.16. The Bertz CT molecular complexity index is 600. The molecule has 0 aliphatic rings. The van der Waals surface area contributed by atoms with E-state index in [4.69, 9.17) is 5.73 Å². The topological polar surface area (TPSA) is 111 Å². The maximum absolute atomic E-state index is 11.8. The molecule has 0 saturated carbocycles. The van der Waals surface area contributed by atoms with Gasteiger partial charge in [-0.1, -0.05) is 6.07 Å². The number of carbonyl (C=O) groups is 2. The Kier molecular flexibility index (Phi) is 3.77. The molecule has 0 fully saturated rings. The third kappa shape index (κ3) is 3.32. The number of aromatic nitrogens is 3. The Morgan fingerprint density at radius 1 is 1.16 bits per heavy atom. The molecule has 0 bridgehead atoms. The molecule has 2 heterocycles. The summed E-state index contributed by atoms with van der Waals surface area (Å²) in [5, 5.41) is 2.60. The van der Waals surface area contributed by atoms with Crippen LogP contribution < -0.4 is 11.1 Å². The number of rotatable bonds is 4. The maximum atomic E-state index is 11.8. The van der Waals surface area contributed by atoms with Crippen molar-refractivity contribution < 1.29 is 9.59 Å². The molecule has 0 aliphatic carbocycles. The molecule has 0 radical (unpaired) electrons. The number of hydrogen-bond acceptors (Lipinski definition) is 5. The first-order valence-corrected chi connectivity index (χ1v) is 5.48. The number of primary amides is 1. The summed E-state index contributed by atoms with van der Waals surface area (Å²) in [4.78, 5) is 34.3. The molecule has 0 saturated heterocycles. The zero-order valence-electron chi connectivity index (χ0n) is 9.91. The monoisotopic (exact) mass is 257 g/mol. The van der Waals surface area contributed by atoms with E-state index in [1.807, 2.05) is 6.07 Å². The molecule has 2 aromatic heterocycles. The van der Waals surface area contributed by atoms with Gasteiger partial charge in [-0.05, 0) is 18.2 Å². The standard InChI is InChI=1S/C12H11N5O2/c13-10(18)9-4-6-15-11(17-9)12(19)16-7-8-3-1-2-5-14-8/h1-6H,7H2,(H2,13,18)(H,16,19). The van der Waals surface area contributed by atoms with Gasteiger partial charge in [-0.15, -0.1) is 0 Å². The van der Waals surface area contributed by atoms with Crippen LogP contribution in [0.15, 0.2) is 36.7 Å². The minimum atomic E-state index is -0.707. The maximum Gasteiger partial charge on any atom is 0.289 e. The number of hydrogen-bond donors (Lipinski definition) is 2. The van der Waals surface area contributed by atoms with Gasteiger partial charge in [0.15, 0.2) is 0 Å². The second-order valence-corrected chi connectivity index (χ2v) is 3.63. The van der Waals surface area contributed by atoms with E-state index < -0.39 is 11.8 Å². The van der Waals surface area contributed by atoms with Crippen LogP contribution in [0.25, 0.3) is 0 Å². The highest BCUT2D eigenvalue weighted by atomic mass is 16.2. The van der Waals surface area contributed by atoms with Crippen molar-refractivity contribution in [3.8, 4) is 0 Å². The summed E-state index contributed by atoms with van der Waals surface area (Å²) >= 11 is 0. The van der Waals surface area contributed by atoms with E-state index in [1.165, 1.54) is 12.3 Å². The van der Waals surface area contributed by atoms with E-state index in [1.54, 1.807) is 18.3 Å². The Morgan fingerprint density at radius 2 is 2.00 bits per heavy atom. The number of nitrogens with one attached hydrogen (secondary N) is 1. The summed E-state index contributed by atoms with van der Waals surface area (Å²) in [6.07, 6.45) is 2.94. The molecule has 2 aromatic rings. The summed E-state index contributed by atoms with van der Waals surface area (Å²) in [7, 11) is 0. The van der Waals surface area contributed by atoms with E-state index in [0.717, 1.165) is 0 Å². The number of nitrogens with two attached hydrogens (primary N) is 1. The Balaban J connectivity index is 2.04. The fourth-order valence-corrected chi connectivity index (χ4v) is 1.36. The molecule has 0 aliphatic heterocycles. The van der Waals surface area contributed by atoms with Crippen LogP contribution in [0.5, 0.6) is 0 Å². The predicted molar refractivity (Wildman–Crippen MR) is 66.0 cm³/mol. The van der Waals surface area contributed by atoms with Gasteiger partial charge in [0, 0.05) is 12.4 Å². The van der Waals surface area contributed by atoms with Gasteiger partial charge in [-0.2, -0.15) is 0 Å². The molecule has 7 heteroatoms. The second-order valence-electron chi connectivity index (χ2n) is 3.63. The van der Waals surface area contributed by atoms with Crippen LogP contribution in [-0.4, -0.2) is 26.8 Å². The molecule has 3 N–H and O–H groups in total. The van der Waals surface area contributed by atoms with E-state index in [-0.39, 0.29) is 18.1 Å². The Hall–Kier alpha value is -2.83. The molecule has 0 spiro atoms. The molecule has 0 aromatic carbocycles. The van der Waals surface area contributed by atoms with Crippen molar-refractivity contribution >= 4 is 11.8 Å². The molecule has 0 atom stereocenters. The normalized spacial score (nSPS) is 9.89. The van der Waals surface area contributed by atoms with Crippen LogP contribution in [0.4, 0.5) is 0 Å². The van der Waals surface area contributed by atoms with E-state index in [2.05, 4.69) is 20.3 Å². The highest BCUT2D eigenvalue weighted by Crippen LogP contribution is 1.97. The minimum absolute atomic E-state index is 0.00186. The van der Waals surface area contributed by atoms with Gasteiger partial charge < -0.3 is 11.1 Å². The number of nitrogens with zero attached hydrogens (tertiary/aromatic N) is 3. The highest BCUT2D eigenvalue weighted by Gasteiger charge is 2.11. The van der Waals surface area contributed by atoms with E-state index in [0.29, 0.717) is 5.69 Å². The van der Waals surface area contributed by atoms with Crippen LogP contribution in [0.1, 0.15) is 26.8 Å². The molecular weight excluding hydrogens is 246 g/mol. The van der Waals surface area contributed by atoms with Crippen molar-refractivity contribution in [3.05, 3.63) is 53.9 Å². The van der Waals surface area contributed by atoms with Crippen molar-refractivity contribution in [1.29, 1.82) is 0 Å². The van der Waals surface area contributed by atoms with Crippen molar-refractivity contribution in [1.82, 2.24) is 20.3 Å². The average Bonchev–Trinajstić information content (AvgIpc) is 2.46. The summed E-state index contributed by atoms with van der Waals surface area (Å²) in [5.41, 5.74) is 5.79. The van der Waals surface area contributed by atoms with Crippen LogP contribution in [0.3, 0.4) is 0 Å². The van der Waals surface area contributed by atoms with Gasteiger partial charge in [0.25, 0.3) is 11.8 Å². The summed E-state index contributed by atoms with van der Waals surface area (Å²) in [6.45, 7) is 0.254. The number of pyridine rings is 1. The van der Waals surface area contributed by atoms with Gasteiger partial charge >= 0.3 is 0 Å². The zero-order valence-corrected chi connectivity index (χ0v) is 9.91. The lowest BCUT2D eigenvalue weighted by Crippen LogP contribution is -2.26. The molecule has 2 rings (SSSR count). The van der Waals surface area contributed by atoms with Crippen LogP contribution >= 0.6 is 0 Å². The zero-order chi connectivity index (χ0) is 13.7. The summed E-state index contributed by atoms with van der Waals surface area (Å²) < 4.78 is 0. The first kappa shape index (κ1) is 12.6. The Morgan fingerprint density at radius 3 is 2.68 bits per heavy atom. The SMILES string of the molecule is NC(=O)c1ccnc(C(=O)NCc2ccccn2)n1. The predicted octanol–water partition coefficient (Wildman–Crippen LogP) is -0.0995. The van der Waals surface area contributed by atoms with Crippen LogP contribution in [0, 0.1) is 0 Å². The van der Waals surface area contributed by atoms with Gasteiger partial charge in [0.1, 0.15) is 5.69 Å². The third-order valence-corrected chi connectivity index (χ3v) is 2.27. The average molecular weight is 257 g/mol. The lowest BCUT2D eigenvalue weighted by Gasteiger charge is -2.04. The fraction of sp³-hybridized carbons (Fsp3) is 0.0833. The van der Waals surface area contributed by atoms with Gasteiger partial charge in [-0.25, -0.2) is 9.97 Å². The minimum Gasteiger partial charge on any atom is -0.364 e. The molecule has 19 heavy (non-hydrogen) atoms. The Labute approximate surface area is 108 Å². The summed E-state index contributed by atoms with van der Waals surface area (Å²) in [6, 6.07) is 6.72. The third-order valence-electron chi connectivity index (χ3n) is 2.27. The second kappa shape index (κ2) is 5.67. The van der Waals surface area contributed by atoms with Gasteiger partial charge in [0.2, 0.25) is 5.82 Å². The lowest BCUT2D eigenvalue weighted by molar-refractivity contribution is 0.0939.